The molecule has 0 aromatic heterocycles. The van der Waals surface area contributed by atoms with Gasteiger partial charge in [-0.15, -0.1) is 0 Å². The molecule has 24 heavy (non-hydrogen) atoms. The molecule has 1 aromatic carbocycles. The monoisotopic (exact) mass is 338 g/mol. The number of likely N-dealkylation sites (tertiary alicyclic amines) is 1. The lowest BCUT2D eigenvalue weighted by atomic mass is 9.89. The third-order valence-electron chi connectivity index (χ3n) is 5.20. The van der Waals surface area contributed by atoms with Crippen LogP contribution in [0.1, 0.15) is 48.9 Å². The Morgan fingerprint density at radius 3 is 2.50 bits per heavy atom. The van der Waals surface area contributed by atoms with Crippen LogP contribution >= 0.6 is 0 Å². The second kappa shape index (κ2) is 7.57. The third kappa shape index (κ3) is 3.92. The molecule has 1 aliphatic heterocycles. The summed E-state index contributed by atoms with van der Waals surface area (Å²) >= 11 is 0. The predicted octanol–water partition coefficient (Wildman–Crippen LogP) is 2.46. The van der Waals surface area contributed by atoms with Crippen LogP contribution in [0, 0.1) is 11.6 Å². The Bertz CT molecular complexity index is 588. The Balaban J connectivity index is 1.52. The number of aliphatic hydroxyl groups excluding tert-OH is 1. The van der Waals surface area contributed by atoms with E-state index in [1.165, 1.54) is 6.07 Å². The third-order valence-corrected chi connectivity index (χ3v) is 5.20. The number of carbonyl (C=O) groups excluding carboxylic acids is 1. The summed E-state index contributed by atoms with van der Waals surface area (Å²) < 4.78 is 26.6. The second-order valence-electron chi connectivity index (χ2n) is 6.83. The Morgan fingerprint density at radius 1 is 1.12 bits per heavy atom. The number of piperidine rings is 1. The SMILES string of the molecule is O=C(NC1CCN(C2CCCCC2O)CC1)c1ccc(F)cc1F. The Labute approximate surface area is 140 Å². The fraction of sp³-hybridized carbons (Fsp3) is 0.611. The molecule has 1 aromatic rings. The van der Waals surface area contributed by atoms with Gasteiger partial charge in [0.05, 0.1) is 11.7 Å². The van der Waals surface area contributed by atoms with Gasteiger partial charge >= 0.3 is 0 Å². The van der Waals surface area contributed by atoms with E-state index in [-0.39, 0.29) is 23.8 Å². The summed E-state index contributed by atoms with van der Waals surface area (Å²) in [5, 5.41) is 13.0. The zero-order valence-electron chi connectivity index (χ0n) is 13.7. The molecule has 0 radical (unpaired) electrons. The van der Waals surface area contributed by atoms with Gasteiger partial charge in [-0.05, 0) is 37.8 Å². The second-order valence-corrected chi connectivity index (χ2v) is 6.83. The molecule has 1 saturated heterocycles. The van der Waals surface area contributed by atoms with Crippen LogP contribution in [0.4, 0.5) is 8.78 Å². The van der Waals surface area contributed by atoms with E-state index in [1.54, 1.807) is 0 Å². The van der Waals surface area contributed by atoms with Gasteiger partial charge in [0.25, 0.3) is 5.91 Å². The highest BCUT2D eigenvalue weighted by atomic mass is 19.1. The van der Waals surface area contributed by atoms with Gasteiger partial charge in [-0.2, -0.15) is 0 Å². The molecular formula is C18H24F2N2O2. The lowest BCUT2D eigenvalue weighted by Gasteiger charge is -2.41. The van der Waals surface area contributed by atoms with Crippen LogP contribution in [0.5, 0.6) is 0 Å². The molecule has 3 rings (SSSR count). The number of aliphatic hydroxyl groups is 1. The van der Waals surface area contributed by atoms with Gasteiger partial charge in [0.2, 0.25) is 0 Å². The maximum Gasteiger partial charge on any atom is 0.254 e. The zero-order chi connectivity index (χ0) is 17.1. The minimum Gasteiger partial charge on any atom is -0.391 e. The van der Waals surface area contributed by atoms with Gasteiger partial charge in [-0.1, -0.05) is 12.8 Å². The van der Waals surface area contributed by atoms with E-state index in [9.17, 15) is 18.7 Å². The lowest BCUT2D eigenvalue weighted by molar-refractivity contribution is 0.00726. The molecule has 4 nitrogen and oxygen atoms in total. The van der Waals surface area contributed by atoms with E-state index in [0.717, 1.165) is 63.7 Å². The minimum absolute atomic E-state index is 0.0149. The summed E-state index contributed by atoms with van der Waals surface area (Å²) in [6, 6.07) is 3.20. The number of carbonyl (C=O) groups is 1. The van der Waals surface area contributed by atoms with E-state index in [4.69, 9.17) is 0 Å². The summed E-state index contributed by atoms with van der Waals surface area (Å²) in [5.74, 6) is -2.03. The van der Waals surface area contributed by atoms with Crippen molar-refractivity contribution < 1.29 is 18.7 Å². The van der Waals surface area contributed by atoms with Crippen molar-refractivity contribution >= 4 is 5.91 Å². The first-order valence-electron chi connectivity index (χ1n) is 8.72. The molecule has 1 amide bonds. The van der Waals surface area contributed by atoms with Gasteiger partial charge in [0, 0.05) is 31.2 Å². The summed E-state index contributed by atoms with van der Waals surface area (Å²) in [5.41, 5.74) is -0.124. The number of benzene rings is 1. The molecule has 2 unspecified atom stereocenters. The van der Waals surface area contributed by atoms with E-state index >= 15 is 0 Å². The molecule has 6 heteroatoms. The van der Waals surface area contributed by atoms with Crippen LogP contribution in [-0.4, -0.2) is 47.2 Å². The van der Waals surface area contributed by atoms with Crippen molar-refractivity contribution in [2.45, 2.75) is 56.7 Å². The average Bonchev–Trinajstić information content (AvgIpc) is 2.56. The van der Waals surface area contributed by atoms with Crippen molar-refractivity contribution in [2.75, 3.05) is 13.1 Å². The van der Waals surface area contributed by atoms with Gasteiger partial charge in [-0.3, -0.25) is 9.69 Å². The quantitative estimate of drug-likeness (QED) is 0.890. The highest BCUT2D eigenvalue weighted by Gasteiger charge is 2.31. The molecule has 1 saturated carbocycles. The predicted molar refractivity (Wildman–Crippen MR) is 86.7 cm³/mol. The highest BCUT2D eigenvalue weighted by Crippen LogP contribution is 2.26. The van der Waals surface area contributed by atoms with Crippen molar-refractivity contribution in [3.05, 3.63) is 35.4 Å². The van der Waals surface area contributed by atoms with Crippen LogP contribution in [0.3, 0.4) is 0 Å². The average molecular weight is 338 g/mol. The smallest absolute Gasteiger partial charge is 0.254 e. The fourth-order valence-electron chi connectivity index (χ4n) is 3.83. The maximum atomic E-state index is 13.7. The zero-order valence-corrected chi connectivity index (χ0v) is 13.7. The van der Waals surface area contributed by atoms with Crippen LogP contribution in [-0.2, 0) is 0 Å². The lowest BCUT2D eigenvalue weighted by Crippen LogP contribution is -2.52. The molecule has 2 fully saturated rings. The Hall–Kier alpha value is -1.53. The molecule has 1 heterocycles. The largest absolute Gasteiger partial charge is 0.391 e. The number of amides is 1. The summed E-state index contributed by atoms with van der Waals surface area (Å²) in [4.78, 5) is 14.5. The molecule has 2 atom stereocenters. The van der Waals surface area contributed by atoms with Gasteiger partial charge in [0.15, 0.2) is 0 Å². The standard InChI is InChI=1S/C18H24F2N2O2/c19-12-5-6-14(15(20)11-12)18(24)21-13-7-9-22(10-8-13)16-3-1-2-4-17(16)23/h5-6,11,13,16-17,23H,1-4,7-10H2,(H,21,24). The van der Waals surface area contributed by atoms with Gasteiger partial charge < -0.3 is 10.4 Å². The first kappa shape index (κ1) is 17.3. The molecule has 1 aliphatic carbocycles. The molecular weight excluding hydrogens is 314 g/mol. The van der Waals surface area contributed by atoms with Crippen LogP contribution in [0.2, 0.25) is 0 Å². The van der Waals surface area contributed by atoms with Crippen molar-refractivity contribution in [1.82, 2.24) is 10.2 Å². The van der Waals surface area contributed by atoms with E-state index in [2.05, 4.69) is 10.2 Å². The van der Waals surface area contributed by atoms with Gasteiger partial charge in [0.1, 0.15) is 11.6 Å². The van der Waals surface area contributed by atoms with E-state index < -0.39 is 17.5 Å². The Morgan fingerprint density at radius 2 is 1.83 bits per heavy atom. The van der Waals surface area contributed by atoms with Crippen molar-refractivity contribution in [3.8, 4) is 0 Å². The Kier molecular flexibility index (Phi) is 5.46. The van der Waals surface area contributed by atoms with Crippen LogP contribution in [0.25, 0.3) is 0 Å². The summed E-state index contributed by atoms with van der Waals surface area (Å²) in [6.45, 7) is 1.64. The normalized spacial score (nSPS) is 26.3. The van der Waals surface area contributed by atoms with Crippen molar-refractivity contribution in [3.63, 3.8) is 0 Å². The topological polar surface area (TPSA) is 52.6 Å². The molecule has 2 aliphatic rings. The highest BCUT2D eigenvalue weighted by molar-refractivity contribution is 5.94. The van der Waals surface area contributed by atoms with E-state index in [1.807, 2.05) is 0 Å². The van der Waals surface area contributed by atoms with Gasteiger partial charge in [-0.25, -0.2) is 8.78 Å². The number of rotatable bonds is 3. The number of nitrogens with zero attached hydrogens (tertiary/aromatic N) is 1. The summed E-state index contributed by atoms with van der Waals surface area (Å²) in [6.07, 6.45) is 5.44. The molecule has 0 spiro atoms. The minimum atomic E-state index is -0.838. The molecule has 132 valence electrons. The first-order chi connectivity index (χ1) is 11.5. The first-order valence-corrected chi connectivity index (χ1v) is 8.72. The number of halogens is 2. The van der Waals surface area contributed by atoms with Crippen LogP contribution in [0.15, 0.2) is 18.2 Å². The maximum absolute atomic E-state index is 13.7. The van der Waals surface area contributed by atoms with Crippen molar-refractivity contribution in [1.29, 1.82) is 0 Å². The molecule has 2 N–H and O–H groups in total. The summed E-state index contributed by atoms with van der Waals surface area (Å²) in [7, 11) is 0. The number of nitrogens with one attached hydrogen (secondary N) is 1. The van der Waals surface area contributed by atoms with Crippen molar-refractivity contribution in [2.24, 2.45) is 0 Å². The van der Waals surface area contributed by atoms with E-state index in [0.29, 0.717) is 0 Å². The number of hydrogen-bond donors (Lipinski definition) is 2. The van der Waals surface area contributed by atoms with Crippen LogP contribution < -0.4 is 5.32 Å². The molecule has 0 bridgehead atoms. The fourth-order valence-corrected chi connectivity index (χ4v) is 3.83. The number of hydrogen-bond acceptors (Lipinski definition) is 3.